The second-order valence-corrected chi connectivity index (χ2v) is 6.64. The minimum absolute atomic E-state index is 0.0244. The SMILES string of the molecule is Cc1ccc(Nc2nc(N(C)CCO)nc3c2cnn3-c2ccccc2)cc1. The second-order valence-electron chi connectivity index (χ2n) is 6.64. The van der Waals surface area contributed by atoms with Gasteiger partial charge in [-0.3, -0.25) is 0 Å². The third-order valence-corrected chi connectivity index (χ3v) is 4.51. The Balaban J connectivity index is 1.85. The first kappa shape index (κ1) is 17.9. The molecule has 0 radical (unpaired) electrons. The lowest BCUT2D eigenvalue weighted by Crippen LogP contribution is -2.23. The Kier molecular flexibility index (Phi) is 4.90. The van der Waals surface area contributed by atoms with Crippen LogP contribution in [0.4, 0.5) is 17.5 Å². The Morgan fingerprint density at radius 3 is 2.50 bits per heavy atom. The molecule has 2 aromatic carbocycles. The summed E-state index contributed by atoms with van der Waals surface area (Å²) in [6.45, 7) is 2.52. The zero-order valence-electron chi connectivity index (χ0n) is 15.9. The number of aliphatic hydroxyl groups is 1. The third kappa shape index (κ3) is 3.52. The van der Waals surface area contributed by atoms with Crippen LogP contribution in [-0.2, 0) is 0 Å². The fraction of sp³-hybridized carbons (Fsp3) is 0.190. The molecule has 7 heteroatoms. The van der Waals surface area contributed by atoms with Crippen LogP contribution in [0.5, 0.6) is 0 Å². The molecule has 0 aliphatic carbocycles. The van der Waals surface area contributed by atoms with Crippen LogP contribution in [0.15, 0.2) is 60.8 Å². The molecule has 142 valence electrons. The molecule has 0 saturated heterocycles. The molecule has 0 aliphatic heterocycles. The largest absolute Gasteiger partial charge is 0.395 e. The van der Waals surface area contributed by atoms with Gasteiger partial charge in [0.05, 0.1) is 23.9 Å². The first-order chi connectivity index (χ1) is 13.7. The summed E-state index contributed by atoms with van der Waals surface area (Å²) in [6, 6.07) is 18.0. The summed E-state index contributed by atoms with van der Waals surface area (Å²) in [4.78, 5) is 11.2. The van der Waals surface area contributed by atoms with Crippen LogP contribution >= 0.6 is 0 Å². The molecule has 2 N–H and O–H groups in total. The van der Waals surface area contributed by atoms with Crippen molar-refractivity contribution < 1.29 is 5.11 Å². The van der Waals surface area contributed by atoms with E-state index in [9.17, 15) is 5.11 Å². The topological polar surface area (TPSA) is 79.1 Å². The van der Waals surface area contributed by atoms with Gasteiger partial charge in [0.25, 0.3) is 0 Å². The molecule has 0 fully saturated rings. The third-order valence-electron chi connectivity index (χ3n) is 4.51. The first-order valence-electron chi connectivity index (χ1n) is 9.12. The lowest BCUT2D eigenvalue weighted by Gasteiger charge is -2.17. The number of anilines is 3. The summed E-state index contributed by atoms with van der Waals surface area (Å²) in [6.07, 6.45) is 1.77. The van der Waals surface area contributed by atoms with Gasteiger partial charge in [0.15, 0.2) is 5.65 Å². The molecule has 0 saturated carbocycles. The van der Waals surface area contributed by atoms with Gasteiger partial charge in [-0.1, -0.05) is 35.9 Å². The molecule has 4 aromatic rings. The second kappa shape index (κ2) is 7.66. The van der Waals surface area contributed by atoms with E-state index in [2.05, 4.69) is 22.3 Å². The highest BCUT2D eigenvalue weighted by Gasteiger charge is 2.16. The molecule has 0 unspecified atom stereocenters. The van der Waals surface area contributed by atoms with E-state index in [4.69, 9.17) is 4.98 Å². The Bertz CT molecular complexity index is 1080. The van der Waals surface area contributed by atoms with E-state index in [1.807, 2.05) is 66.5 Å². The van der Waals surface area contributed by atoms with Crippen LogP contribution in [0, 0.1) is 6.92 Å². The number of aromatic nitrogens is 4. The summed E-state index contributed by atoms with van der Waals surface area (Å²) in [7, 11) is 1.86. The minimum atomic E-state index is 0.0244. The molecule has 0 spiro atoms. The number of hydrogen-bond donors (Lipinski definition) is 2. The van der Waals surface area contributed by atoms with Crippen molar-refractivity contribution in [2.75, 3.05) is 30.4 Å². The summed E-state index contributed by atoms with van der Waals surface area (Å²) in [5.74, 6) is 1.20. The molecule has 2 heterocycles. The standard InChI is InChI=1S/C21H22N6O/c1-15-8-10-16(11-9-15)23-19-18-14-22-27(17-6-4-3-5-7-17)20(18)25-21(24-19)26(2)12-13-28/h3-11,14,28H,12-13H2,1-2H3,(H,23,24,25). The normalized spacial score (nSPS) is 11.0. The zero-order valence-corrected chi connectivity index (χ0v) is 15.9. The highest BCUT2D eigenvalue weighted by Crippen LogP contribution is 2.27. The van der Waals surface area contributed by atoms with Gasteiger partial charge in [0, 0.05) is 19.3 Å². The highest BCUT2D eigenvalue weighted by atomic mass is 16.3. The maximum absolute atomic E-state index is 9.30. The van der Waals surface area contributed by atoms with Gasteiger partial charge in [-0.05, 0) is 31.2 Å². The van der Waals surface area contributed by atoms with E-state index in [0.717, 1.165) is 16.8 Å². The fourth-order valence-corrected chi connectivity index (χ4v) is 2.94. The average Bonchev–Trinajstić information content (AvgIpc) is 3.15. The fourth-order valence-electron chi connectivity index (χ4n) is 2.94. The van der Waals surface area contributed by atoms with E-state index in [1.54, 1.807) is 10.9 Å². The number of fused-ring (bicyclic) bond motifs is 1. The number of hydrogen-bond acceptors (Lipinski definition) is 6. The van der Waals surface area contributed by atoms with Crippen LogP contribution in [-0.4, -0.2) is 45.1 Å². The van der Waals surface area contributed by atoms with Crippen LogP contribution in [0.1, 0.15) is 5.56 Å². The molecule has 0 atom stereocenters. The van der Waals surface area contributed by atoms with E-state index < -0.39 is 0 Å². The lowest BCUT2D eigenvalue weighted by molar-refractivity contribution is 0.303. The number of para-hydroxylation sites is 1. The Labute approximate surface area is 163 Å². The first-order valence-corrected chi connectivity index (χ1v) is 9.12. The van der Waals surface area contributed by atoms with Crippen molar-refractivity contribution in [3.63, 3.8) is 0 Å². The van der Waals surface area contributed by atoms with Gasteiger partial charge in [0.1, 0.15) is 5.82 Å². The molecule has 0 bridgehead atoms. The van der Waals surface area contributed by atoms with E-state index >= 15 is 0 Å². The van der Waals surface area contributed by atoms with Crippen molar-refractivity contribution in [2.45, 2.75) is 6.92 Å². The Morgan fingerprint density at radius 1 is 1.04 bits per heavy atom. The number of nitrogens with one attached hydrogen (secondary N) is 1. The number of aliphatic hydroxyl groups excluding tert-OH is 1. The number of nitrogens with zero attached hydrogens (tertiary/aromatic N) is 5. The maximum atomic E-state index is 9.30. The van der Waals surface area contributed by atoms with Crippen molar-refractivity contribution in [3.05, 3.63) is 66.4 Å². The van der Waals surface area contributed by atoms with Crippen molar-refractivity contribution in [2.24, 2.45) is 0 Å². The van der Waals surface area contributed by atoms with Gasteiger partial charge < -0.3 is 15.3 Å². The summed E-state index contributed by atoms with van der Waals surface area (Å²) in [5.41, 5.74) is 3.76. The van der Waals surface area contributed by atoms with Gasteiger partial charge in [-0.2, -0.15) is 15.1 Å². The van der Waals surface area contributed by atoms with Crippen molar-refractivity contribution in [1.29, 1.82) is 0 Å². The van der Waals surface area contributed by atoms with E-state index in [1.165, 1.54) is 5.56 Å². The summed E-state index contributed by atoms with van der Waals surface area (Å²) in [5, 5.41) is 18.0. The molecule has 4 rings (SSSR count). The number of rotatable bonds is 6. The minimum Gasteiger partial charge on any atom is -0.395 e. The van der Waals surface area contributed by atoms with Gasteiger partial charge >= 0.3 is 0 Å². The van der Waals surface area contributed by atoms with Crippen LogP contribution in [0.25, 0.3) is 16.7 Å². The molecular formula is C21H22N6O. The molecule has 7 nitrogen and oxygen atoms in total. The van der Waals surface area contributed by atoms with Crippen molar-refractivity contribution in [1.82, 2.24) is 19.7 Å². The van der Waals surface area contributed by atoms with Gasteiger partial charge in [-0.25, -0.2) is 4.68 Å². The molecule has 2 aromatic heterocycles. The highest BCUT2D eigenvalue weighted by molar-refractivity contribution is 5.90. The number of likely N-dealkylation sites (N-methyl/N-ethyl adjacent to an activating group) is 1. The quantitative estimate of drug-likeness (QED) is 0.539. The van der Waals surface area contributed by atoms with Crippen molar-refractivity contribution in [3.8, 4) is 5.69 Å². The number of benzene rings is 2. The maximum Gasteiger partial charge on any atom is 0.229 e. The Morgan fingerprint density at radius 2 is 1.79 bits per heavy atom. The summed E-state index contributed by atoms with van der Waals surface area (Å²) < 4.78 is 1.80. The van der Waals surface area contributed by atoms with E-state index in [0.29, 0.717) is 24.0 Å². The summed E-state index contributed by atoms with van der Waals surface area (Å²) >= 11 is 0. The molecule has 0 amide bonds. The molecular weight excluding hydrogens is 352 g/mol. The molecule has 0 aliphatic rings. The smallest absolute Gasteiger partial charge is 0.229 e. The number of aryl methyl sites for hydroxylation is 1. The van der Waals surface area contributed by atoms with Crippen LogP contribution in [0.2, 0.25) is 0 Å². The predicted molar refractivity (Wildman–Crippen MR) is 111 cm³/mol. The van der Waals surface area contributed by atoms with Crippen molar-refractivity contribution >= 4 is 28.5 Å². The van der Waals surface area contributed by atoms with Gasteiger partial charge in [0.2, 0.25) is 5.95 Å². The monoisotopic (exact) mass is 374 g/mol. The Hall–Kier alpha value is -3.45. The average molecular weight is 374 g/mol. The molecule has 28 heavy (non-hydrogen) atoms. The van der Waals surface area contributed by atoms with Crippen LogP contribution < -0.4 is 10.2 Å². The lowest BCUT2D eigenvalue weighted by atomic mass is 10.2. The van der Waals surface area contributed by atoms with Crippen LogP contribution in [0.3, 0.4) is 0 Å². The predicted octanol–water partition coefficient (Wildman–Crippen LogP) is 3.30. The van der Waals surface area contributed by atoms with E-state index in [-0.39, 0.29) is 6.61 Å². The zero-order chi connectivity index (χ0) is 19.5. The van der Waals surface area contributed by atoms with Gasteiger partial charge in [-0.15, -0.1) is 0 Å².